The highest BCUT2D eigenvalue weighted by Crippen LogP contribution is 2.26. The highest BCUT2D eigenvalue weighted by atomic mass is 32.1. The van der Waals surface area contributed by atoms with E-state index in [4.69, 9.17) is 0 Å². The smallest absolute Gasteiger partial charge is 0.279 e. The first kappa shape index (κ1) is 16.6. The van der Waals surface area contributed by atoms with Crippen molar-refractivity contribution in [1.29, 1.82) is 0 Å². The summed E-state index contributed by atoms with van der Waals surface area (Å²) in [7, 11) is 0. The lowest BCUT2D eigenvalue weighted by Gasteiger charge is -2.07. The molecular weight excluding hydrogens is 318 g/mol. The number of pyridine rings is 1. The Kier molecular flexibility index (Phi) is 5.54. The second kappa shape index (κ2) is 8.02. The molecule has 0 saturated heterocycles. The quantitative estimate of drug-likeness (QED) is 0.633. The van der Waals surface area contributed by atoms with E-state index in [9.17, 15) is 4.79 Å². The molecule has 0 bridgehead atoms. The van der Waals surface area contributed by atoms with Crippen molar-refractivity contribution in [3.05, 3.63) is 52.9 Å². The van der Waals surface area contributed by atoms with Gasteiger partial charge in [0, 0.05) is 23.0 Å². The van der Waals surface area contributed by atoms with E-state index >= 15 is 0 Å². The number of rotatable bonds is 7. The van der Waals surface area contributed by atoms with E-state index < -0.39 is 0 Å². The molecule has 3 rings (SSSR count). The van der Waals surface area contributed by atoms with Crippen LogP contribution in [0.1, 0.15) is 32.6 Å². The first-order valence-electron chi connectivity index (χ1n) is 8.38. The monoisotopic (exact) mass is 339 g/mol. The molecule has 0 fully saturated rings. The van der Waals surface area contributed by atoms with Crippen LogP contribution in [0.25, 0.3) is 20.7 Å². The van der Waals surface area contributed by atoms with E-state index in [0.717, 1.165) is 34.1 Å². The molecule has 2 heterocycles. The molecule has 0 amide bonds. The van der Waals surface area contributed by atoms with Gasteiger partial charge in [0.2, 0.25) is 0 Å². The predicted octanol–water partition coefficient (Wildman–Crippen LogP) is 4.71. The van der Waals surface area contributed by atoms with Gasteiger partial charge in [-0.2, -0.15) is 4.98 Å². The summed E-state index contributed by atoms with van der Waals surface area (Å²) in [5.41, 5.74) is 0.749. The normalized spacial score (nSPS) is 10.9. The molecule has 0 unspecified atom stereocenters. The number of nitrogens with one attached hydrogen (secondary N) is 1. The summed E-state index contributed by atoms with van der Waals surface area (Å²) in [6.07, 6.45) is 6.64. The first-order valence-corrected chi connectivity index (χ1v) is 9.20. The largest absolute Gasteiger partial charge is 0.370 e. The maximum atomic E-state index is 12.2. The van der Waals surface area contributed by atoms with Crippen molar-refractivity contribution in [3.8, 4) is 10.6 Å². The maximum absolute atomic E-state index is 12.2. The molecule has 2 aromatic heterocycles. The van der Waals surface area contributed by atoms with Gasteiger partial charge in [-0.25, -0.2) is 4.98 Å². The lowest BCUT2D eigenvalue weighted by molar-refractivity contribution is 0.684. The van der Waals surface area contributed by atoms with Crippen LogP contribution >= 0.6 is 11.3 Å². The number of nitrogens with zero attached hydrogens (tertiary/aromatic N) is 2. The molecule has 4 nitrogen and oxygen atoms in total. The SMILES string of the molecule is CCCCCCNc1cc(-c2nc(=O)c3ccccc3s2)ccn1. The summed E-state index contributed by atoms with van der Waals surface area (Å²) in [5.74, 6) is 0.832. The molecule has 1 N–H and O–H groups in total. The van der Waals surface area contributed by atoms with Gasteiger partial charge in [-0.3, -0.25) is 4.79 Å². The van der Waals surface area contributed by atoms with Gasteiger partial charge in [0.1, 0.15) is 10.8 Å². The molecule has 3 aromatic rings. The van der Waals surface area contributed by atoms with Gasteiger partial charge < -0.3 is 5.32 Å². The van der Waals surface area contributed by atoms with Crippen molar-refractivity contribution in [2.75, 3.05) is 11.9 Å². The number of hydrogen-bond acceptors (Lipinski definition) is 5. The Morgan fingerprint density at radius 1 is 1.12 bits per heavy atom. The number of benzene rings is 1. The van der Waals surface area contributed by atoms with Crippen molar-refractivity contribution >= 4 is 27.2 Å². The van der Waals surface area contributed by atoms with Crippen molar-refractivity contribution in [2.24, 2.45) is 0 Å². The minimum atomic E-state index is -0.176. The van der Waals surface area contributed by atoms with E-state index in [1.54, 1.807) is 6.20 Å². The number of aromatic nitrogens is 2. The van der Waals surface area contributed by atoms with Crippen LogP contribution in [0, 0.1) is 0 Å². The summed E-state index contributed by atoms with van der Waals surface area (Å²) in [6, 6.07) is 11.5. The fourth-order valence-corrected chi connectivity index (χ4v) is 3.56. The Balaban J connectivity index is 1.80. The topological polar surface area (TPSA) is 54.9 Å². The third-order valence-electron chi connectivity index (χ3n) is 3.87. The van der Waals surface area contributed by atoms with Crippen LogP contribution in [0.4, 0.5) is 5.82 Å². The number of fused-ring (bicyclic) bond motifs is 1. The van der Waals surface area contributed by atoms with Crippen LogP contribution in [0.3, 0.4) is 0 Å². The highest BCUT2D eigenvalue weighted by Gasteiger charge is 2.07. The molecule has 0 aliphatic heterocycles. The van der Waals surface area contributed by atoms with Crippen molar-refractivity contribution in [2.45, 2.75) is 32.6 Å². The summed E-state index contributed by atoms with van der Waals surface area (Å²) in [4.78, 5) is 20.8. The summed E-state index contributed by atoms with van der Waals surface area (Å²) < 4.78 is 0.957. The predicted molar refractivity (Wildman–Crippen MR) is 102 cm³/mol. The fraction of sp³-hybridized carbons (Fsp3) is 0.316. The number of unbranched alkanes of at least 4 members (excludes halogenated alkanes) is 3. The molecule has 0 aliphatic rings. The second-order valence-corrected chi connectivity index (χ2v) is 6.77. The average molecular weight is 339 g/mol. The zero-order chi connectivity index (χ0) is 16.8. The summed E-state index contributed by atoms with van der Waals surface area (Å²) in [5, 5.41) is 4.76. The lowest BCUT2D eigenvalue weighted by Crippen LogP contribution is -2.06. The zero-order valence-corrected chi connectivity index (χ0v) is 14.6. The maximum Gasteiger partial charge on any atom is 0.279 e. The van der Waals surface area contributed by atoms with E-state index in [1.165, 1.54) is 30.6 Å². The fourth-order valence-electron chi connectivity index (χ4n) is 2.56. The van der Waals surface area contributed by atoms with Crippen LogP contribution in [0.2, 0.25) is 0 Å². The Bertz CT molecular complexity index is 876. The van der Waals surface area contributed by atoms with Gasteiger partial charge >= 0.3 is 0 Å². The number of anilines is 1. The third kappa shape index (κ3) is 3.97. The molecule has 1 aromatic carbocycles. The van der Waals surface area contributed by atoms with Gasteiger partial charge in [-0.05, 0) is 30.7 Å². The molecule has 0 spiro atoms. The molecule has 5 heteroatoms. The van der Waals surface area contributed by atoms with E-state index in [0.29, 0.717) is 5.39 Å². The molecule has 0 radical (unpaired) electrons. The first-order chi connectivity index (χ1) is 11.8. The molecular formula is C19H21N3OS. The Morgan fingerprint density at radius 3 is 2.88 bits per heavy atom. The van der Waals surface area contributed by atoms with Gasteiger partial charge in [0.05, 0.1) is 5.39 Å². The molecule has 124 valence electrons. The second-order valence-electron chi connectivity index (χ2n) is 5.74. The van der Waals surface area contributed by atoms with E-state index in [1.807, 2.05) is 36.4 Å². The van der Waals surface area contributed by atoms with Crippen LogP contribution in [-0.4, -0.2) is 16.5 Å². The van der Waals surface area contributed by atoms with Gasteiger partial charge in [-0.15, -0.1) is 11.3 Å². The molecule has 0 saturated carbocycles. The Hall–Kier alpha value is -2.27. The Labute approximate surface area is 145 Å². The molecule has 0 atom stereocenters. The average Bonchev–Trinajstić information content (AvgIpc) is 2.62. The van der Waals surface area contributed by atoms with Crippen LogP contribution < -0.4 is 10.9 Å². The van der Waals surface area contributed by atoms with E-state index in [2.05, 4.69) is 22.2 Å². The van der Waals surface area contributed by atoms with Crippen LogP contribution in [0.5, 0.6) is 0 Å². The minimum Gasteiger partial charge on any atom is -0.370 e. The number of hydrogen-bond donors (Lipinski definition) is 1. The minimum absolute atomic E-state index is 0.176. The molecule has 0 aliphatic carbocycles. The highest BCUT2D eigenvalue weighted by molar-refractivity contribution is 7.21. The van der Waals surface area contributed by atoms with Gasteiger partial charge in [0.15, 0.2) is 0 Å². The van der Waals surface area contributed by atoms with Gasteiger partial charge in [0.25, 0.3) is 5.56 Å². The Morgan fingerprint density at radius 2 is 2.00 bits per heavy atom. The zero-order valence-electron chi connectivity index (χ0n) is 13.8. The lowest BCUT2D eigenvalue weighted by atomic mass is 10.2. The van der Waals surface area contributed by atoms with Crippen LogP contribution in [0.15, 0.2) is 47.4 Å². The summed E-state index contributed by atoms with van der Waals surface area (Å²) >= 11 is 1.53. The third-order valence-corrected chi connectivity index (χ3v) is 4.97. The van der Waals surface area contributed by atoms with Crippen molar-refractivity contribution < 1.29 is 0 Å². The van der Waals surface area contributed by atoms with Crippen molar-refractivity contribution in [3.63, 3.8) is 0 Å². The van der Waals surface area contributed by atoms with Crippen molar-refractivity contribution in [1.82, 2.24) is 9.97 Å². The summed E-state index contributed by atoms with van der Waals surface area (Å²) in [6.45, 7) is 3.12. The van der Waals surface area contributed by atoms with Gasteiger partial charge in [-0.1, -0.05) is 38.3 Å². The molecule has 24 heavy (non-hydrogen) atoms. The van der Waals surface area contributed by atoms with Crippen LogP contribution in [-0.2, 0) is 0 Å². The standard InChI is InChI=1S/C19H21N3OS/c1-2-3-4-7-11-20-17-13-14(10-12-21-17)19-22-18(23)15-8-5-6-9-16(15)24-19/h5-6,8-10,12-13H,2-4,7,11H2,1H3,(H,20,21). The van der Waals surface area contributed by atoms with E-state index in [-0.39, 0.29) is 5.56 Å².